The van der Waals surface area contributed by atoms with Crippen LogP contribution in [0.4, 0.5) is 0 Å². The minimum absolute atomic E-state index is 0.0626. The van der Waals surface area contributed by atoms with E-state index < -0.39 is 9.84 Å². The van der Waals surface area contributed by atoms with Gasteiger partial charge in [-0.2, -0.15) is 0 Å². The number of hydrogen-bond donors (Lipinski definition) is 1. The van der Waals surface area contributed by atoms with Crippen LogP contribution in [0.2, 0.25) is 0 Å². The molecule has 0 bridgehead atoms. The molecule has 0 spiro atoms. The molecular weight excluding hydrogens is 210 g/mol. The third-order valence-electron chi connectivity index (χ3n) is 2.40. The topological polar surface area (TPSA) is 46.2 Å². The van der Waals surface area contributed by atoms with E-state index in [1.54, 1.807) is 13.8 Å². The highest BCUT2D eigenvalue weighted by Crippen LogP contribution is 2.07. The van der Waals surface area contributed by atoms with E-state index in [4.69, 9.17) is 0 Å². The Bertz CT molecular complexity index is 324. The van der Waals surface area contributed by atoms with Crippen molar-refractivity contribution < 1.29 is 8.42 Å². The molecule has 0 aromatic carbocycles. The monoisotopic (exact) mass is 231 g/mol. The summed E-state index contributed by atoms with van der Waals surface area (Å²) < 4.78 is 22.8. The van der Waals surface area contributed by atoms with Gasteiger partial charge in [0.25, 0.3) is 0 Å². The molecule has 1 N–H and O–H groups in total. The summed E-state index contributed by atoms with van der Waals surface area (Å²) in [4.78, 5) is 0. The third-order valence-corrected chi connectivity index (χ3v) is 4.08. The second-order valence-corrected chi connectivity index (χ2v) is 6.13. The number of nitrogens with one attached hydrogen (secondary N) is 1. The third kappa shape index (κ3) is 5.81. The van der Waals surface area contributed by atoms with Crippen LogP contribution in [0.25, 0.3) is 0 Å². The molecule has 4 heteroatoms. The van der Waals surface area contributed by atoms with Crippen molar-refractivity contribution in [1.82, 2.24) is 5.32 Å². The highest BCUT2D eigenvalue weighted by molar-refractivity contribution is 7.91. The lowest BCUT2D eigenvalue weighted by atomic mass is 10.1. The molecule has 0 aliphatic heterocycles. The van der Waals surface area contributed by atoms with E-state index in [1.807, 2.05) is 0 Å². The van der Waals surface area contributed by atoms with E-state index in [1.165, 1.54) is 6.26 Å². The Morgan fingerprint density at radius 1 is 1.40 bits per heavy atom. The van der Waals surface area contributed by atoms with Crippen molar-refractivity contribution in [2.45, 2.75) is 44.9 Å². The maximum absolute atomic E-state index is 11.4. The molecule has 2 unspecified atom stereocenters. The molecular formula is C11H21NO2S. The van der Waals surface area contributed by atoms with Crippen LogP contribution in [0.15, 0.2) is 0 Å². The van der Waals surface area contributed by atoms with E-state index in [0.29, 0.717) is 6.42 Å². The number of hydrogen-bond acceptors (Lipinski definition) is 3. The van der Waals surface area contributed by atoms with E-state index in [-0.39, 0.29) is 11.3 Å². The Labute approximate surface area is 93.6 Å². The van der Waals surface area contributed by atoms with Gasteiger partial charge in [0.15, 0.2) is 9.84 Å². The SMILES string of the molecule is CC#CCC(NCCC)C(C)S(C)(=O)=O. The summed E-state index contributed by atoms with van der Waals surface area (Å²) in [6.07, 6.45) is 2.86. The highest BCUT2D eigenvalue weighted by atomic mass is 32.2. The fourth-order valence-electron chi connectivity index (χ4n) is 1.24. The lowest BCUT2D eigenvalue weighted by molar-refractivity contribution is 0.491. The molecule has 0 fully saturated rings. The molecule has 0 heterocycles. The van der Waals surface area contributed by atoms with Crippen molar-refractivity contribution in [2.24, 2.45) is 0 Å². The van der Waals surface area contributed by atoms with Crippen LogP contribution in [0.3, 0.4) is 0 Å². The molecule has 0 saturated carbocycles. The first kappa shape index (κ1) is 14.5. The molecule has 0 aliphatic carbocycles. The fraction of sp³-hybridized carbons (Fsp3) is 0.818. The van der Waals surface area contributed by atoms with Crippen LogP contribution in [-0.2, 0) is 9.84 Å². The Kier molecular flexibility index (Phi) is 6.62. The average molecular weight is 231 g/mol. The quantitative estimate of drug-likeness (QED) is 0.699. The van der Waals surface area contributed by atoms with Gasteiger partial charge in [0.05, 0.1) is 5.25 Å². The zero-order valence-electron chi connectivity index (χ0n) is 10.0. The molecule has 0 aromatic heterocycles. The van der Waals surface area contributed by atoms with Gasteiger partial charge < -0.3 is 5.32 Å². The summed E-state index contributed by atoms with van der Waals surface area (Å²) in [7, 11) is -2.99. The van der Waals surface area contributed by atoms with Gasteiger partial charge in [-0.25, -0.2) is 8.42 Å². The van der Waals surface area contributed by atoms with Gasteiger partial charge >= 0.3 is 0 Å². The maximum Gasteiger partial charge on any atom is 0.151 e. The van der Waals surface area contributed by atoms with E-state index in [2.05, 4.69) is 24.1 Å². The summed E-state index contributed by atoms with van der Waals surface area (Å²) in [6.45, 7) is 6.39. The van der Waals surface area contributed by atoms with E-state index in [9.17, 15) is 8.42 Å². The van der Waals surface area contributed by atoms with Crippen LogP contribution in [0.5, 0.6) is 0 Å². The summed E-state index contributed by atoms with van der Waals surface area (Å²) in [5, 5.41) is 2.84. The normalized spacial score (nSPS) is 15.2. The first-order valence-corrected chi connectivity index (χ1v) is 7.20. The van der Waals surface area contributed by atoms with Crippen LogP contribution in [-0.4, -0.2) is 32.5 Å². The van der Waals surface area contributed by atoms with Crippen molar-refractivity contribution in [3.8, 4) is 11.8 Å². The van der Waals surface area contributed by atoms with E-state index in [0.717, 1.165) is 13.0 Å². The predicted molar refractivity (Wildman–Crippen MR) is 64.5 cm³/mol. The van der Waals surface area contributed by atoms with Crippen molar-refractivity contribution in [2.75, 3.05) is 12.8 Å². The van der Waals surface area contributed by atoms with Gasteiger partial charge in [-0.05, 0) is 26.8 Å². The Morgan fingerprint density at radius 3 is 2.40 bits per heavy atom. The Hall–Kier alpha value is -0.530. The first-order chi connectivity index (χ1) is 6.93. The number of sulfone groups is 1. The molecule has 3 nitrogen and oxygen atoms in total. The van der Waals surface area contributed by atoms with Crippen LogP contribution < -0.4 is 5.32 Å². The molecule has 88 valence electrons. The van der Waals surface area contributed by atoms with Crippen molar-refractivity contribution in [1.29, 1.82) is 0 Å². The zero-order chi connectivity index (χ0) is 11.9. The summed E-state index contributed by atoms with van der Waals surface area (Å²) in [5.41, 5.74) is 0. The molecule has 0 amide bonds. The van der Waals surface area contributed by atoms with Crippen molar-refractivity contribution in [3.05, 3.63) is 0 Å². The summed E-state index contributed by atoms with van der Waals surface area (Å²) >= 11 is 0. The average Bonchev–Trinajstić information content (AvgIpc) is 2.16. The molecule has 0 aliphatic rings. The second kappa shape index (κ2) is 6.86. The lowest BCUT2D eigenvalue weighted by Gasteiger charge is -2.21. The van der Waals surface area contributed by atoms with Gasteiger partial charge in [0, 0.05) is 18.7 Å². The highest BCUT2D eigenvalue weighted by Gasteiger charge is 2.24. The van der Waals surface area contributed by atoms with Gasteiger partial charge in [-0.15, -0.1) is 11.8 Å². The molecule has 0 saturated heterocycles. The summed E-state index contributed by atoms with van der Waals surface area (Å²) in [6, 6.07) is -0.0626. The van der Waals surface area contributed by atoms with Crippen molar-refractivity contribution in [3.63, 3.8) is 0 Å². The van der Waals surface area contributed by atoms with E-state index >= 15 is 0 Å². The maximum atomic E-state index is 11.4. The zero-order valence-corrected chi connectivity index (χ0v) is 10.8. The largest absolute Gasteiger partial charge is 0.312 e. The Morgan fingerprint density at radius 2 is 2.00 bits per heavy atom. The predicted octanol–water partition coefficient (Wildman–Crippen LogP) is 1.20. The first-order valence-electron chi connectivity index (χ1n) is 5.25. The van der Waals surface area contributed by atoms with Gasteiger partial charge in [-0.3, -0.25) is 0 Å². The van der Waals surface area contributed by atoms with Gasteiger partial charge in [0.1, 0.15) is 0 Å². The second-order valence-electron chi connectivity index (χ2n) is 3.73. The molecule has 0 aromatic rings. The smallest absolute Gasteiger partial charge is 0.151 e. The minimum atomic E-state index is -2.99. The number of rotatable bonds is 6. The van der Waals surface area contributed by atoms with Crippen molar-refractivity contribution >= 4 is 9.84 Å². The standard InChI is InChI=1S/C11H21NO2S/c1-5-7-8-11(12-9-6-2)10(3)15(4,13)14/h10-12H,6,8-9H2,1-4H3. The van der Waals surface area contributed by atoms with Gasteiger partial charge in [0.2, 0.25) is 0 Å². The minimum Gasteiger partial charge on any atom is -0.312 e. The van der Waals surface area contributed by atoms with Crippen LogP contribution in [0.1, 0.15) is 33.6 Å². The fourth-order valence-corrected chi connectivity index (χ4v) is 2.03. The summed E-state index contributed by atoms with van der Waals surface area (Å²) in [5.74, 6) is 5.73. The molecule has 15 heavy (non-hydrogen) atoms. The molecule has 0 radical (unpaired) electrons. The van der Waals surface area contributed by atoms with Gasteiger partial charge in [-0.1, -0.05) is 6.92 Å². The molecule has 0 rings (SSSR count). The Balaban J connectivity index is 4.51. The molecule has 2 atom stereocenters. The van der Waals surface area contributed by atoms with Crippen LogP contribution >= 0.6 is 0 Å². The van der Waals surface area contributed by atoms with Crippen LogP contribution in [0, 0.1) is 11.8 Å². The lowest BCUT2D eigenvalue weighted by Crippen LogP contribution is -2.42.